The van der Waals surface area contributed by atoms with Gasteiger partial charge in [0.1, 0.15) is 39.0 Å². The van der Waals surface area contributed by atoms with E-state index in [9.17, 15) is 0 Å². The number of fused-ring (bicyclic) bond motifs is 7. The van der Waals surface area contributed by atoms with Gasteiger partial charge in [0, 0.05) is 93.1 Å². The van der Waals surface area contributed by atoms with Gasteiger partial charge in [-0.05, 0) is 84.3 Å². The fourth-order valence-corrected chi connectivity index (χ4v) is 10.7. The Balaban J connectivity index is 0.000000157. The number of methoxy groups -OCH3 is 1. The van der Waals surface area contributed by atoms with Crippen molar-refractivity contribution in [2.75, 3.05) is 38.6 Å². The number of halogens is 1. The molecule has 0 fully saturated rings. The molecule has 14 heteroatoms. The van der Waals surface area contributed by atoms with Gasteiger partial charge in [0.2, 0.25) is 0 Å². The van der Waals surface area contributed by atoms with E-state index in [-0.39, 0.29) is 0 Å². The van der Waals surface area contributed by atoms with Gasteiger partial charge in [0.15, 0.2) is 0 Å². The number of nitrogens with zero attached hydrogens (tertiary/aromatic N) is 9. The van der Waals surface area contributed by atoms with Crippen molar-refractivity contribution in [1.82, 2.24) is 38.9 Å². The highest BCUT2D eigenvalue weighted by Gasteiger charge is 2.25. The Morgan fingerprint density at radius 3 is 1.98 bits per heavy atom. The molecule has 0 saturated carbocycles. The predicted molar refractivity (Wildman–Crippen MR) is 223 cm³/mol. The van der Waals surface area contributed by atoms with Crippen LogP contribution >= 0.6 is 34.3 Å². The van der Waals surface area contributed by atoms with Gasteiger partial charge in [0.05, 0.1) is 30.1 Å². The molecule has 55 heavy (non-hydrogen) atoms. The molecular weight excluding hydrogens is 748 g/mol. The van der Waals surface area contributed by atoms with Crippen LogP contribution in [0.2, 0.25) is 5.15 Å². The quantitative estimate of drug-likeness (QED) is 0.131. The minimum atomic E-state index is 0.601. The summed E-state index contributed by atoms with van der Waals surface area (Å²) in [5.41, 5.74) is 5.99. The van der Waals surface area contributed by atoms with E-state index in [0.717, 1.165) is 115 Å². The van der Waals surface area contributed by atoms with Crippen LogP contribution in [0.5, 0.6) is 5.75 Å². The van der Waals surface area contributed by atoms with Gasteiger partial charge in [0.25, 0.3) is 0 Å². The maximum atomic E-state index is 6.25. The van der Waals surface area contributed by atoms with Gasteiger partial charge in [-0.15, -0.1) is 22.7 Å². The van der Waals surface area contributed by atoms with Crippen LogP contribution in [-0.4, -0.2) is 78.4 Å². The van der Waals surface area contributed by atoms with Crippen LogP contribution in [0, 0.1) is 0 Å². The van der Waals surface area contributed by atoms with Crippen LogP contribution in [0.3, 0.4) is 0 Å². The number of nitrogens with one attached hydrogen (secondary N) is 1. The van der Waals surface area contributed by atoms with E-state index in [4.69, 9.17) is 16.3 Å². The third kappa shape index (κ3) is 7.76. The predicted octanol–water partition coefficient (Wildman–Crippen LogP) is 8.22. The molecule has 11 nitrogen and oxygen atoms in total. The Kier molecular flexibility index (Phi) is 10.6. The van der Waals surface area contributed by atoms with Gasteiger partial charge in [-0.25, -0.2) is 19.9 Å². The number of hydrogen-bond donors (Lipinski definition) is 1. The molecule has 0 bridgehead atoms. The Morgan fingerprint density at radius 1 is 0.745 bits per heavy atom. The summed E-state index contributed by atoms with van der Waals surface area (Å²) in [5.74, 6) is 1.66. The zero-order valence-corrected chi connectivity index (χ0v) is 33.2. The second-order valence-electron chi connectivity index (χ2n) is 14.2. The van der Waals surface area contributed by atoms with Crippen molar-refractivity contribution >= 4 is 72.4 Å². The van der Waals surface area contributed by atoms with Crippen LogP contribution in [0.4, 0.5) is 11.5 Å². The molecule has 282 valence electrons. The van der Waals surface area contributed by atoms with E-state index >= 15 is 0 Å². The largest absolute Gasteiger partial charge is 0.495 e. The molecule has 10 rings (SSSR count). The number of aromatic nitrogens is 6. The molecule has 0 aliphatic carbocycles. The third-order valence-corrected chi connectivity index (χ3v) is 13.2. The molecule has 1 aromatic carbocycles. The molecule has 0 radical (unpaired) electrons. The van der Waals surface area contributed by atoms with Gasteiger partial charge in [-0.1, -0.05) is 11.6 Å². The molecule has 3 aliphatic heterocycles. The Morgan fingerprint density at radius 2 is 1.35 bits per heavy atom. The summed E-state index contributed by atoms with van der Waals surface area (Å²) in [6.07, 6.45) is 18.1. The lowest BCUT2D eigenvalue weighted by Gasteiger charge is -2.27. The monoisotopic (exact) mass is 790 g/mol. The SMILES string of the molecule is COc1cc2c(cc1Nc1ncnc3sc4c(c13)CCN(CCCn1cccc1)C4)C=NC2.Clc1ncnc2sc3c(c12)CCN(CCCn1cccc1)C3. The van der Waals surface area contributed by atoms with Crippen molar-refractivity contribution in [1.29, 1.82) is 0 Å². The molecule has 7 aromatic rings. The molecule has 6 aromatic heterocycles. The molecule has 0 saturated heterocycles. The van der Waals surface area contributed by atoms with Gasteiger partial charge in [-0.3, -0.25) is 14.8 Å². The molecule has 3 aliphatic rings. The number of rotatable bonds is 11. The highest BCUT2D eigenvalue weighted by Crippen LogP contribution is 2.40. The van der Waals surface area contributed by atoms with Crippen LogP contribution in [0.15, 0.2) is 78.8 Å². The smallest absolute Gasteiger partial charge is 0.142 e. The average Bonchev–Trinajstić information content (AvgIpc) is 4.05. The number of benzene rings is 1. The molecule has 9 heterocycles. The topological polar surface area (TPSA) is 102 Å². The normalized spacial score (nSPS) is 15.2. The summed E-state index contributed by atoms with van der Waals surface area (Å²) in [6, 6.07) is 12.5. The standard InChI is InChI=1S/C25H26N6OS.C16H17ClN4S/c1-32-21-12-18-14-26-13-17(18)11-20(21)29-24-23-19-5-10-31(9-4-8-30-6-2-3-7-30)15-22(19)33-25(23)28-16-27-24;17-15-14-12-4-9-21(8-3-7-20-5-1-2-6-20)10-13(12)22-16(14)19-11-18-15/h2-3,6-7,11-13,16H,4-5,8-10,14-15H2,1H3,(H,27,28,29);1-2,5-6,11H,3-4,7-10H2. The average molecular weight is 791 g/mol. The van der Waals surface area contributed by atoms with Crippen molar-refractivity contribution in [2.24, 2.45) is 4.99 Å². The second kappa shape index (κ2) is 16.2. The summed E-state index contributed by atoms with van der Waals surface area (Å²) < 4.78 is 10.2. The van der Waals surface area contributed by atoms with E-state index in [1.165, 1.54) is 32.9 Å². The van der Waals surface area contributed by atoms with Gasteiger partial charge >= 0.3 is 0 Å². The third-order valence-electron chi connectivity index (χ3n) is 10.7. The number of anilines is 2. The summed E-state index contributed by atoms with van der Waals surface area (Å²) in [5, 5.41) is 6.38. The van der Waals surface area contributed by atoms with Crippen molar-refractivity contribution in [3.63, 3.8) is 0 Å². The molecule has 0 unspecified atom stereocenters. The Hall–Kier alpha value is -4.66. The lowest BCUT2D eigenvalue weighted by molar-refractivity contribution is 0.250. The number of aliphatic imine (C=N–C) groups is 1. The second-order valence-corrected chi connectivity index (χ2v) is 16.7. The van der Waals surface area contributed by atoms with Crippen molar-refractivity contribution in [2.45, 2.75) is 58.4 Å². The fourth-order valence-electron chi connectivity index (χ4n) is 7.92. The fraction of sp³-hybridized carbons (Fsp3) is 0.341. The van der Waals surface area contributed by atoms with Crippen molar-refractivity contribution in [3.8, 4) is 5.75 Å². The molecule has 0 atom stereocenters. The minimum Gasteiger partial charge on any atom is -0.495 e. The highest BCUT2D eigenvalue weighted by molar-refractivity contribution is 7.19. The van der Waals surface area contributed by atoms with Crippen LogP contribution in [0.25, 0.3) is 20.4 Å². The van der Waals surface area contributed by atoms with E-state index < -0.39 is 0 Å². The number of thiophene rings is 2. The zero-order chi connectivity index (χ0) is 37.1. The van der Waals surface area contributed by atoms with E-state index in [1.807, 2.05) is 6.21 Å². The first-order valence-corrected chi connectivity index (χ1v) is 20.9. The van der Waals surface area contributed by atoms with E-state index in [1.54, 1.807) is 42.4 Å². The minimum absolute atomic E-state index is 0.601. The van der Waals surface area contributed by atoms with Crippen molar-refractivity contribution < 1.29 is 4.74 Å². The molecule has 0 spiro atoms. The number of aryl methyl sites for hydroxylation is 2. The summed E-state index contributed by atoms with van der Waals surface area (Å²) >= 11 is 9.82. The zero-order valence-electron chi connectivity index (χ0n) is 30.8. The lowest BCUT2D eigenvalue weighted by atomic mass is 10.0. The highest BCUT2D eigenvalue weighted by atomic mass is 35.5. The first-order valence-electron chi connectivity index (χ1n) is 18.9. The lowest BCUT2D eigenvalue weighted by Crippen LogP contribution is -2.31. The first kappa shape index (κ1) is 36.0. The maximum absolute atomic E-state index is 6.25. The Bertz CT molecular complexity index is 2440. The first-order chi connectivity index (χ1) is 27.1. The summed E-state index contributed by atoms with van der Waals surface area (Å²) in [4.78, 5) is 32.1. The maximum Gasteiger partial charge on any atom is 0.142 e. The van der Waals surface area contributed by atoms with E-state index in [0.29, 0.717) is 11.7 Å². The van der Waals surface area contributed by atoms with Gasteiger partial charge < -0.3 is 19.2 Å². The van der Waals surface area contributed by atoms with Crippen LogP contribution in [0.1, 0.15) is 44.8 Å². The molecular formula is C41H43ClN10OS2. The summed E-state index contributed by atoms with van der Waals surface area (Å²) in [6.45, 7) is 9.26. The number of hydrogen-bond acceptors (Lipinski definition) is 11. The molecule has 1 N–H and O–H groups in total. The number of ether oxygens (including phenoxy) is 1. The van der Waals surface area contributed by atoms with E-state index in [2.05, 4.69) is 110 Å². The molecule has 0 amide bonds. The van der Waals surface area contributed by atoms with Crippen LogP contribution in [-0.2, 0) is 45.6 Å². The summed E-state index contributed by atoms with van der Waals surface area (Å²) in [7, 11) is 1.70. The van der Waals surface area contributed by atoms with Gasteiger partial charge in [-0.2, -0.15) is 0 Å². The Labute approximate surface area is 333 Å². The van der Waals surface area contributed by atoms with Crippen molar-refractivity contribution in [3.05, 3.63) is 111 Å². The van der Waals surface area contributed by atoms with Crippen LogP contribution < -0.4 is 10.1 Å².